The number of nitrogens with one attached hydrogen (secondary N) is 2. The quantitative estimate of drug-likeness (QED) is 0.723. The van der Waals surface area contributed by atoms with Crippen molar-refractivity contribution in [2.75, 3.05) is 13.2 Å². The monoisotopic (exact) mass is 282 g/mol. The van der Waals surface area contributed by atoms with E-state index in [1.54, 1.807) is 6.92 Å². The van der Waals surface area contributed by atoms with Crippen molar-refractivity contribution in [3.05, 3.63) is 35.6 Å². The molecule has 1 aromatic rings. The summed E-state index contributed by atoms with van der Waals surface area (Å²) in [7, 11) is 0. The van der Waals surface area contributed by atoms with Gasteiger partial charge in [0.25, 0.3) is 5.91 Å². The molecule has 0 aliphatic carbocycles. The first-order valence-electron chi connectivity index (χ1n) is 6.36. The third kappa shape index (κ3) is 4.31. The molecule has 6 heteroatoms. The van der Waals surface area contributed by atoms with Crippen LogP contribution in [0.4, 0.5) is 4.39 Å². The van der Waals surface area contributed by atoms with Gasteiger partial charge in [0.15, 0.2) is 0 Å². The van der Waals surface area contributed by atoms with Gasteiger partial charge in [-0.2, -0.15) is 0 Å². The van der Waals surface area contributed by atoms with E-state index >= 15 is 0 Å². The Bertz CT molecular complexity index is 487. The molecule has 1 unspecified atom stereocenters. The lowest BCUT2D eigenvalue weighted by Crippen LogP contribution is -2.51. The van der Waals surface area contributed by atoms with Crippen molar-refractivity contribution in [2.45, 2.75) is 25.8 Å². The maximum Gasteiger partial charge on any atom is 0.254 e. The van der Waals surface area contributed by atoms with Gasteiger partial charge in [-0.25, -0.2) is 4.39 Å². The van der Waals surface area contributed by atoms with Crippen LogP contribution in [0.15, 0.2) is 24.3 Å². The Labute approximate surface area is 117 Å². The first kappa shape index (κ1) is 16.1. The highest BCUT2D eigenvalue weighted by Crippen LogP contribution is 2.07. The van der Waals surface area contributed by atoms with E-state index in [0.29, 0.717) is 6.42 Å². The minimum atomic E-state index is -0.722. The number of hydrogen-bond donors (Lipinski definition) is 3. The van der Waals surface area contributed by atoms with Gasteiger partial charge in [0.1, 0.15) is 5.82 Å². The van der Waals surface area contributed by atoms with Gasteiger partial charge < -0.3 is 15.7 Å². The van der Waals surface area contributed by atoms with Gasteiger partial charge in [-0.05, 0) is 25.5 Å². The molecule has 0 bridgehead atoms. The van der Waals surface area contributed by atoms with Crippen molar-refractivity contribution >= 4 is 11.8 Å². The number of rotatable bonds is 6. The molecule has 5 nitrogen and oxygen atoms in total. The highest BCUT2D eigenvalue weighted by molar-refractivity contribution is 5.96. The van der Waals surface area contributed by atoms with Crippen LogP contribution in [0.2, 0.25) is 0 Å². The summed E-state index contributed by atoms with van der Waals surface area (Å²) in [6, 6.07) is 5.53. The zero-order valence-electron chi connectivity index (χ0n) is 11.6. The number of aliphatic hydroxyl groups is 1. The Kier molecular flexibility index (Phi) is 5.64. The topological polar surface area (TPSA) is 78.4 Å². The molecule has 1 aromatic carbocycles. The third-order valence-electron chi connectivity index (χ3n) is 3.10. The lowest BCUT2D eigenvalue weighted by molar-refractivity contribution is -0.122. The predicted molar refractivity (Wildman–Crippen MR) is 72.7 cm³/mol. The molecule has 0 saturated heterocycles. The number of carbonyl (C=O) groups excluding carboxylic acids is 2. The van der Waals surface area contributed by atoms with Crippen LogP contribution in [0.25, 0.3) is 0 Å². The normalized spacial score (nSPS) is 13.4. The summed E-state index contributed by atoms with van der Waals surface area (Å²) in [6.07, 6.45) is 0.552. The molecule has 0 saturated carbocycles. The molecule has 0 aromatic heterocycles. The van der Waals surface area contributed by atoms with Gasteiger partial charge in [0, 0.05) is 0 Å². The van der Waals surface area contributed by atoms with Crippen molar-refractivity contribution < 1.29 is 19.1 Å². The van der Waals surface area contributed by atoms with E-state index in [2.05, 4.69) is 10.6 Å². The minimum Gasteiger partial charge on any atom is -0.394 e. The van der Waals surface area contributed by atoms with Gasteiger partial charge in [0.2, 0.25) is 5.91 Å². The molecule has 0 aliphatic rings. The number of hydrogen-bond acceptors (Lipinski definition) is 3. The maximum absolute atomic E-state index is 13.4. The lowest BCUT2D eigenvalue weighted by Gasteiger charge is -2.27. The van der Waals surface area contributed by atoms with E-state index in [1.807, 2.05) is 6.92 Å². The second-order valence-corrected chi connectivity index (χ2v) is 4.78. The van der Waals surface area contributed by atoms with Crippen LogP contribution < -0.4 is 10.6 Å². The van der Waals surface area contributed by atoms with E-state index in [-0.39, 0.29) is 18.7 Å². The van der Waals surface area contributed by atoms with E-state index in [4.69, 9.17) is 0 Å². The minimum absolute atomic E-state index is 0.110. The van der Waals surface area contributed by atoms with E-state index < -0.39 is 23.2 Å². The second kappa shape index (κ2) is 7.00. The van der Waals surface area contributed by atoms with Crippen LogP contribution in [0.3, 0.4) is 0 Å². The standard InChI is InChI=1S/C14H19FN2O3/c1-3-14(2,9-18)17-12(19)8-16-13(20)10-6-4-5-7-11(10)15/h4-7,18H,3,8-9H2,1-2H3,(H,16,20)(H,17,19). The molecule has 0 spiro atoms. The van der Waals surface area contributed by atoms with Crippen LogP contribution in [0.1, 0.15) is 30.6 Å². The van der Waals surface area contributed by atoms with E-state index in [1.165, 1.54) is 24.3 Å². The lowest BCUT2D eigenvalue weighted by atomic mass is 10.0. The largest absolute Gasteiger partial charge is 0.394 e. The van der Waals surface area contributed by atoms with Crippen LogP contribution >= 0.6 is 0 Å². The summed E-state index contributed by atoms with van der Waals surface area (Å²) < 4.78 is 13.4. The number of carbonyl (C=O) groups is 2. The van der Waals surface area contributed by atoms with Crippen molar-refractivity contribution in [2.24, 2.45) is 0 Å². The SMILES string of the molecule is CCC(C)(CO)NC(=O)CNC(=O)c1ccccc1F. The molecule has 0 radical (unpaired) electrons. The summed E-state index contributed by atoms with van der Waals surface area (Å²) >= 11 is 0. The molecule has 1 rings (SSSR count). The summed E-state index contributed by atoms with van der Waals surface area (Å²) in [5, 5.41) is 14.1. The maximum atomic E-state index is 13.4. The van der Waals surface area contributed by atoms with Crippen molar-refractivity contribution in [1.82, 2.24) is 10.6 Å². The molecule has 0 fully saturated rings. The zero-order chi connectivity index (χ0) is 15.2. The number of halogens is 1. The third-order valence-corrected chi connectivity index (χ3v) is 3.10. The number of aliphatic hydroxyl groups excluding tert-OH is 1. The fourth-order valence-corrected chi connectivity index (χ4v) is 1.52. The van der Waals surface area contributed by atoms with Gasteiger partial charge in [-0.1, -0.05) is 19.1 Å². The Hall–Kier alpha value is -1.95. The van der Waals surface area contributed by atoms with E-state index in [9.17, 15) is 19.1 Å². The first-order valence-corrected chi connectivity index (χ1v) is 6.36. The van der Waals surface area contributed by atoms with Crippen LogP contribution in [0.5, 0.6) is 0 Å². The zero-order valence-corrected chi connectivity index (χ0v) is 11.6. The average molecular weight is 282 g/mol. The fraction of sp³-hybridized carbons (Fsp3) is 0.429. The predicted octanol–water partition coefficient (Wildman–Crippen LogP) is 0.833. The second-order valence-electron chi connectivity index (χ2n) is 4.78. The van der Waals surface area contributed by atoms with Gasteiger partial charge >= 0.3 is 0 Å². The molecule has 3 N–H and O–H groups in total. The summed E-state index contributed by atoms with van der Waals surface area (Å²) in [5.41, 5.74) is -0.833. The smallest absolute Gasteiger partial charge is 0.254 e. The molecule has 2 amide bonds. The molecule has 110 valence electrons. The first-order chi connectivity index (χ1) is 9.41. The van der Waals surface area contributed by atoms with Gasteiger partial charge in [-0.15, -0.1) is 0 Å². The van der Waals surface area contributed by atoms with Crippen LogP contribution in [-0.4, -0.2) is 35.6 Å². The van der Waals surface area contributed by atoms with Crippen molar-refractivity contribution in [1.29, 1.82) is 0 Å². The summed E-state index contributed by atoms with van der Waals surface area (Å²) in [4.78, 5) is 23.4. The Morgan fingerprint density at radius 3 is 2.55 bits per heavy atom. The highest BCUT2D eigenvalue weighted by Gasteiger charge is 2.23. The molecule has 0 heterocycles. The summed E-state index contributed by atoms with van der Waals surface area (Å²) in [5.74, 6) is -1.73. The molecular formula is C14H19FN2O3. The van der Waals surface area contributed by atoms with Crippen LogP contribution in [-0.2, 0) is 4.79 Å². The van der Waals surface area contributed by atoms with Gasteiger partial charge in [0.05, 0.1) is 24.3 Å². The fourth-order valence-electron chi connectivity index (χ4n) is 1.52. The molecule has 20 heavy (non-hydrogen) atoms. The van der Waals surface area contributed by atoms with Gasteiger partial charge in [-0.3, -0.25) is 9.59 Å². The highest BCUT2D eigenvalue weighted by atomic mass is 19.1. The average Bonchev–Trinajstić information content (AvgIpc) is 2.45. The summed E-state index contributed by atoms with van der Waals surface area (Å²) in [6.45, 7) is 3.05. The molecule has 0 aliphatic heterocycles. The number of amides is 2. The molecular weight excluding hydrogens is 263 g/mol. The number of benzene rings is 1. The Morgan fingerprint density at radius 1 is 1.35 bits per heavy atom. The van der Waals surface area contributed by atoms with E-state index in [0.717, 1.165) is 0 Å². The van der Waals surface area contributed by atoms with Crippen molar-refractivity contribution in [3.63, 3.8) is 0 Å². The Balaban J connectivity index is 2.54. The van der Waals surface area contributed by atoms with Crippen LogP contribution in [0, 0.1) is 5.82 Å². The molecule has 1 atom stereocenters. The Morgan fingerprint density at radius 2 is 2.00 bits per heavy atom. The van der Waals surface area contributed by atoms with Crippen molar-refractivity contribution in [3.8, 4) is 0 Å².